The van der Waals surface area contributed by atoms with Gasteiger partial charge in [0, 0.05) is 24.4 Å². The number of hydrogen-bond acceptors (Lipinski definition) is 7. The fourth-order valence-corrected chi connectivity index (χ4v) is 3.40. The molecule has 8 nitrogen and oxygen atoms in total. The number of pyridine rings is 1. The number of rotatable bonds is 6. The van der Waals surface area contributed by atoms with Gasteiger partial charge in [-0.05, 0) is 31.2 Å². The summed E-state index contributed by atoms with van der Waals surface area (Å²) in [6, 6.07) is 9.77. The zero-order valence-electron chi connectivity index (χ0n) is 13.9. The number of aromatic nitrogens is 3. The molecule has 1 amide bonds. The summed E-state index contributed by atoms with van der Waals surface area (Å²) in [7, 11) is -3.54. The van der Waals surface area contributed by atoms with Crippen molar-refractivity contribution >= 4 is 21.8 Å². The van der Waals surface area contributed by atoms with E-state index in [0.29, 0.717) is 5.56 Å². The number of benzene rings is 1. The minimum atomic E-state index is -3.54. The van der Waals surface area contributed by atoms with Crippen LogP contribution in [0.5, 0.6) is 0 Å². The van der Waals surface area contributed by atoms with Gasteiger partial charge in [0.05, 0.1) is 10.6 Å². The van der Waals surface area contributed by atoms with E-state index >= 15 is 0 Å². The van der Waals surface area contributed by atoms with Gasteiger partial charge >= 0.3 is 6.01 Å². The lowest BCUT2D eigenvalue weighted by Crippen LogP contribution is -2.17. The molecule has 0 saturated carbocycles. The Labute approximate surface area is 150 Å². The number of carbonyl (C=O) groups excluding carboxylic acids is 1. The Hall–Kier alpha value is -3.07. The van der Waals surface area contributed by atoms with Crippen LogP contribution in [0.4, 0.5) is 6.01 Å². The highest BCUT2D eigenvalue weighted by Gasteiger charge is 2.18. The van der Waals surface area contributed by atoms with Crippen molar-refractivity contribution in [3.05, 3.63) is 54.4 Å². The third-order valence-corrected chi connectivity index (χ3v) is 5.31. The number of nitrogens with zero attached hydrogens (tertiary/aromatic N) is 3. The van der Waals surface area contributed by atoms with Crippen LogP contribution >= 0.6 is 0 Å². The molecule has 0 aliphatic rings. The van der Waals surface area contributed by atoms with Crippen molar-refractivity contribution in [1.82, 2.24) is 15.2 Å². The maximum atomic E-state index is 12.3. The maximum Gasteiger partial charge on any atom is 0.322 e. The summed E-state index contributed by atoms with van der Waals surface area (Å²) in [5.41, 5.74) is 1.62. The molecule has 9 heteroatoms. The first kappa shape index (κ1) is 17.7. The van der Waals surface area contributed by atoms with Gasteiger partial charge in [-0.2, -0.15) is 0 Å². The van der Waals surface area contributed by atoms with Gasteiger partial charge in [-0.25, -0.2) is 8.42 Å². The monoisotopic (exact) mass is 372 g/mol. The Bertz CT molecular complexity index is 999. The third-order valence-electron chi connectivity index (χ3n) is 3.58. The first-order valence-corrected chi connectivity index (χ1v) is 9.42. The lowest BCUT2D eigenvalue weighted by atomic mass is 10.2. The predicted molar refractivity (Wildman–Crippen MR) is 94.0 cm³/mol. The van der Waals surface area contributed by atoms with Gasteiger partial charge in [-0.3, -0.25) is 15.1 Å². The zero-order valence-corrected chi connectivity index (χ0v) is 14.7. The predicted octanol–water partition coefficient (Wildman–Crippen LogP) is 2.24. The Kier molecular flexibility index (Phi) is 5.08. The van der Waals surface area contributed by atoms with E-state index in [1.807, 2.05) is 6.92 Å². The average molecular weight is 372 g/mol. The second kappa shape index (κ2) is 7.44. The van der Waals surface area contributed by atoms with Gasteiger partial charge in [0.1, 0.15) is 0 Å². The van der Waals surface area contributed by atoms with Crippen molar-refractivity contribution in [3.63, 3.8) is 0 Å². The molecule has 0 aliphatic carbocycles. The number of nitrogens with one attached hydrogen (secondary N) is 1. The zero-order chi connectivity index (χ0) is 18.6. The molecule has 0 aliphatic heterocycles. The Balaban J connectivity index is 1.59. The third kappa shape index (κ3) is 4.31. The quantitative estimate of drug-likeness (QED) is 0.705. The molecular weight excluding hydrogens is 356 g/mol. The lowest BCUT2D eigenvalue weighted by molar-refractivity contribution is -0.115. The SMILES string of the molecule is Cc1ccc(S(=O)(=O)CCC(=O)Nc2nnc(-c3ccncc3)o2)cc1. The van der Waals surface area contributed by atoms with E-state index < -0.39 is 15.7 Å². The highest BCUT2D eigenvalue weighted by Crippen LogP contribution is 2.19. The molecule has 0 saturated heterocycles. The minimum Gasteiger partial charge on any atom is -0.403 e. The molecule has 0 radical (unpaired) electrons. The second-order valence-corrected chi connectivity index (χ2v) is 7.69. The topological polar surface area (TPSA) is 115 Å². The van der Waals surface area contributed by atoms with Crippen LogP contribution in [0.15, 0.2) is 58.1 Å². The summed E-state index contributed by atoms with van der Waals surface area (Å²) in [5, 5.41) is 9.96. The van der Waals surface area contributed by atoms with Crippen molar-refractivity contribution in [1.29, 1.82) is 0 Å². The summed E-state index contributed by atoms with van der Waals surface area (Å²) in [4.78, 5) is 16.1. The number of hydrogen-bond donors (Lipinski definition) is 1. The summed E-state index contributed by atoms with van der Waals surface area (Å²) >= 11 is 0. The van der Waals surface area contributed by atoms with Crippen molar-refractivity contribution < 1.29 is 17.6 Å². The number of sulfone groups is 1. The van der Waals surface area contributed by atoms with Gasteiger partial charge in [-0.15, -0.1) is 5.10 Å². The molecule has 2 aromatic heterocycles. The molecular formula is C17H16N4O4S. The second-order valence-electron chi connectivity index (χ2n) is 5.58. The fraction of sp³-hybridized carbons (Fsp3) is 0.176. The Morgan fingerprint density at radius 1 is 1.08 bits per heavy atom. The van der Waals surface area contributed by atoms with E-state index in [1.165, 1.54) is 12.1 Å². The van der Waals surface area contributed by atoms with Crippen LogP contribution in [-0.2, 0) is 14.6 Å². The largest absolute Gasteiger partial charge is 0.403 e. The number of anilines is 1. The molecule has 3 rings (SSSR count). The fourth-order valence-electron chi connectivity index (χ4n) is 2.16. The summed E-state index contributed by atoms with van der Waals surface area (Å²) < 4.78 is 29.8. The number of aryl methyl sites for hydroxylation is 1. The van der Waals surface area contributed by atoms with Gasteiger partial charge in [0.15, 0.2) is 9.84 Å². The van der Waals surface area contributed by atoms with E-state index in [-0.39, 0.29) is 29.0 Å². The van der Waals surface area contributed by atoms with Crippen LogP contribution in [0, 0.1) is 6.92 Å². The van der Waals surface area contributed by atoms with Crippen LogP contribution in [0.2, 0.25) is 0 Å². The molecule has 0 fully saturated rings. The van der Waals surface area contributed by atoms with Gasteiger partial charge in [0.2, 0.25) is 11.8 Å². The smallest absolute Gasteiger partial charge is 0.322 e. The molecule has 2 heterocycles. The lowest BCUT2D eigenvalue weighted by Gasteiger charge is -2.04. The van der Waals surface area contributed by atoms with E-state index in [4.69, 9.17) is 4.42 Å². The average Bonchev–Trinajstić information content (AvgIpc) is 3.10. The number of carbonyl (C=O) groups is 1. The van der Waals surface area contributed by atoms with E-state index in [0.717, 1.165) is 5.56 Å². The van der Waals surface area contributed by atoms with Crippen molar-refractivity contribution in [2.75, 3.05) is 11.1 Å². The van der Waals surface area contributed by atoms with Crippen molar-refractivity contribution in [3.8, 4) is 11.5 Å². The van der Waals surface area contributed by atoms with Gasteiger partial charge in [0.25, 0.3) is 0 Å². The van der Waals surface area contributed by atoms with Crippen LogP contribution in [0.25, 0.3) is 11.5 Å². The van der Waals surface area contributed by atoms with E-state index in [2.05, 4.69) is 20.5 Å². The molecule has 3 aromatic rings. The molecule has 0 unspecified atom stereocenters. The highest BCUT2D eigenvalue weighted by atomic mass is 32.2. The number of amides is 1. The van der Waals surface area contributed by atoms with Crippen LogP contribution in [-0.4, -0.2) is 35.3 Å². The molecule has 26 heavy (non-hydrogen) atoms. The molecule has 134 valence electrons. The summed E-state index contributed by atoms with van der Waals surface area (Å²) in [5.74, 6) is -0.603. The summed E-state index contributed by atoms with van der Waals surface area (Å²) in [6.45, 7) is 1.87. The van der Waals surface area contributed by atoms with Crippen molar-refractivity contribution in [2.24, 2.45) is 0 Å². The molecule has 0 atom stereocenters. The normalized spacial score (nSPS) is 11.3. The molecule has 1 N–H and O–H groups in total. The highest BCUT2D eigenvalue weighted by molar-refractivity contribution is 7.91. The molecule has 0 spiro atoms. The van der Waals surface area contributed by atoms with Crippen LogP contribution < -0.4 is 5.32 Å². The Morgan fingerprint density at radius 2 is 1.77 bits per heavy atom. The van der Waals surface area contributed by atoms with Gasteiger partial charge < -0.3 is 4.42 Å². The minimum absolute atomic E-state index is 0.0884. The van der Waals surface area contributed by atoms with E-state index in [9.17, 15) is 13.2 Å². The maximum absolute atomic E-state index is 12.3. The Morgan fingerprint density at radius 3 is 2.46 bits per heavy atom. The first-order valence-electron chi connectivity index (χ1n) is 7.77. The molecule has 1 aromatic carbocycles. The summed E-state index contributed by atoms with van der Waals surface area (Å²) in [6.07, 6.45) is 2.94. The first-order chi connectivity index (χ1) is 12.4. The van der Waals surface area contributed by atoms with E-state index in [1.54, 1.807) is 36.7 Å². The van der Waals surface area contributed by atoms with Crippen LogP contribution in [0.1, 0.15) is 12.0 Å². The van der Waals surface area contributed by atoms with Crippen LogP contribution in [0.3, 0.4) is 0 Å². The van der Waals surface area contributed by atoms with Gasteiger partial charge in [-0.1, -0.05) is 22.8 Å². The van der Waals surface area contributed by atoms with Crippen molar-refractivity contribution in [2.45, 2.75) is 18.2 Å². The standard InChI is InChI=1S/C17H16N4O4S/c1-12-2-4-14(5-3-12)26(23,24)11-8-15(22)19-17-21-20-16(25-17)13-6-9-18-10-7-13/h2-7,9-10H,8,11H2,1H3,(H,19,21,22). The molecule has 0 bridgehead atoms.